The van der Waals surface area contributed by atoms with Crippen LogP contribution in [0.2, 0.25) is 0 Å². The Hall–Kier alpha value is -1.42. The van der Waals surface area contributed by atoms with Crippen molar-refractivity contribution in [1.82, 2.24) is 0 Å². The number of nitrogens with two attached hydrogens (primary N) is 1. The summed E-state index contributed by atoms with van der Waals surface area (Å²) in [4.78, 5) is 11.5. The molecule has 1 saturated carbocycles. The highest BCUT2D eigenvalue weighted by Crippen LogP contribution is 2.43. The summed E-state index contributed by atoms with van der Waals surface area (Å²) in [5, 5.41) is 0. The first kappa shape index (κ1) is 11.1. The van der Waals surface area contributed by atoms with Crippen LogP contribution in [-0.4, -0.2) is 12.6 Å². The maximum Gasteiger partial charge on any atom is 0.338 e. The van der Waals surface area contributed by atoms with E-state index in [1.54, 1.807) is 13.0 Å². The monoisotopic (exact) mass is 223 g/mol. The highest BCUT2D eigenvalue weighted by molar-refractivity contribution is 5.89. The van der Waals surface area contributed by atoms with E-state index in [0.717, 1.165) is 12.8 Å². The van der Waals surface area contributed by atoms with Crippen LogP contribution in [0.25, 0.3) is 0 Å². The van der Waals surface area contributed by atoms with Gasteiger partial charge in [-0.05, 0) is 43.5 Å². The van der Waals surface area contributed by atoms with Gasteiger partial charge in [0.2, 0.25) is 0 Å². The molecule has 2 N–H and O–H groups in total. The van der Waals surface area contributed by atoms with E-state index < -0.39 is 17.3 Å². The molecular formula is C12H14FNO2. The summed E-state index contributed by atoms with van der Waals surface area (Å²) in [5.74, 6) is -0.954. The minimum atomic E-state index is -0.507. The Morgan fingerprint density at radius 3 is 2.75 bits per heavy atom. The molecule has 1 fully saturated rings. The van der Waals surface area contributed by atoms with E-state index in [4.69, 9.17) is 10.5 Å². The second-order valence-corrected chi connectivity index (χ2v) is 4.11. The predicted octanol–water partition coefficient (Wildman–Crippen LogP) is 1.95. The Bertz CT molecular complexity index is 427. The van der Waals surface area contributed by atoms with Crippen molar-refractivity contribution in [3.8, 4) is 0 Å². The maximum atomic E-state index is 13.3. The van der Waals surface area contributed by atoms with Gasteiger partial charge in [0, 0.05) is 5.54 Å². The largest absolute Gasteiger partial charge is 0.462 e. The van der Waals surface area contributed by atoms with Crippen molar-refractivity contribution < 1.29 is 13.9 Å². The molecule has 16 heavy (non-hydrogen) atoms. The van der Waals surface area contributed by atoms with E-state index in [1.807, 2.05) is 0 Å². The molecule has 0 radical (unpaired) electrons. The molecule has 1 aliphatic rings. The van der Waals surface area contributed by atoms with Gasteiger partial charge in [0.25, 0.3) is 0 Å². The van der Waals surface area contributed by atoms with Crippen molar-refractivity contribution in [2.75, 3.05) is 6.61 Å². The summed E-state index contributed by atoms with van der Waals surface area (Å²) < 4.78 is 18.1. The van der Waals surface area contributed by atoms with Gasteiger partial charge in [-0.15, -0.1) is 0 Å². The van der Waals surface area contributed by atoms with Crippen LogP contribution < -0.4 is 5.73 Å². The molecular weight excluding hydrogens is 209 g/mol. The van der Waals surface area contributed by atoms with Crippen LogP contribution in [-0.2, 0) is 10.3 Å². The van der Waals surface area contributed by atoms with E-state index in [9.17, 15) is 9.18 Å². The van der Waals surface area contributed by atoms with Crippen molar-refractivity contribution in [1.29, 1.82) is 0 Å². The average molecular weight is 223 g/mol. The Kier molecular flexibility index (Phi) is 2.68. The van der Waals surface area contributed by atoms with Gasteiger partial charge in [0.15, 0.2) is 0 Å². The molecule has 0 unspecified atom stereocenters. The number of carbonyl (C=O) groups is 1. The molecule has 0 atom stereocenters. The highest BCUT2D eigenvalue weighted by Gasteiger charge is 2.40. The van der Waals surface area contributed by atoms with E-state index in [2.05, 4.69) is 0 Å². The fraction of sp³-hybridized carbons (Fsp3) is 0.417. The van der Waals surface area contributed by atoms with Crippen LogP contribution in [0.15, 0.2) is 18.2 Å². The lowest BCUT2D eigenvalue weighted by molar-refractivity contribution is 0.0525. The highest BCUT2D eigenvalue weighted by atomic mass is 19.1. The maximum absolute atomic E-state index is 13.3. The number of esters is 1. The van der Waals surface area contributed by atoms with Gasteiger partial charge in [-0.3, -0.25) is 0 Å². The molecule has 0 aliphatic heterocycles. The van der Waals surface area contributed by atoms with Crippen molar-refractivity contribution in [3.05, 3.63) is 35.1 Å². The minimum Gasteiger partial charge on any atom is -0.462 e. The lowest BCUT2D eigenvalue weighted by atomic mass is 10.0. The summed E-state index contributed by atoms with van der Waals surface area (Å²) >= 11 is 0. The Balaban J connectivity index is 2.32. The smallest absolute Gasteiger partial charge is 0.338 e. The normalized spacial score (nSPS) is 16.9. The molecule has 0 bridgehead atoms. The molecule has 1 aromatic carbocycles. The van der Waals surface area contributed by atoms with Crippen LogP contribution in [0.4, 0.5) is 4.39 Å². The predicted molar refractivity (Wildman–Crippen MR) is 57.5 cm³/mol. The summed E-state index contributed by atoms with van der Waals surface area (Å²) in [6, 6.07) is 4.18. The third-order valence-electron chi connectivity index (χ3n) is 2.77. The number of halogens is 1. The van der Waals surface area contributed by atoms with Crippen molar-refractivity contribution >= 4 is 5.97 Å². The topological polar surface area (TPSA) is 52.3 Å². The van der Waals surface area contributed by atoms with Crippen molar-refractivity contribution in [2.24, 2.45) is 5.73 Å². The summed E-state index contributed by atoms with van der Waals surface area (Å²) in [6.07, 6.45) is 1.66. The van der Waals surface area contributed by atoms with Gasteiger partial charge >= 0.3 is 5.97 Å². The molecule has 4 heteroatoms. The molecule has 0 heterocycles. The van der Waals surface area contributed by atoms with Crippen LogP contribution in [0.3, 0.4) is 0 Å². The molecule has 3 nitrogen and oxygen atoms in total. The van der Waals surface area contributed by atoms with E-state index in [0.29, 0.717) is 5.56 Å². The van der Waals surface area contributed by atoms with Gasteiger partial charge in [-0.25, -0.2) is 9.18 Å². The minimum absolute atomic E-state index is 0.230. The first-order valence-electron chi connectivity index (χ1n) is 5.32. The average Bonchev–Trinajstić information content (AvgIpc) is 2.97. The zero-order chi connectivity index (χ0) is 11.8. The van der Waals surface area contributed by atoms with Crippen LogP contribution in [0.1, 0.15) is 35.7 Å². The molecule has 0 spiro atoms. The lowest BCUT2D eigenvalue weighted by Crippen LogP contribution is -2.19. The molecule has 0 amide bonds. The fourth-order valence-electron chi connectivity index (χ4n) is 1.63. The Morgan fingerprint density at radius 2 is 2.19 bits per heavy atom. The third-order valence-corrected chi connectivity index (χ3v) is 2.77. The number of ether oxygens (including phenoxy) is 1. The zero-order valence-corrected chi connectivity index (χ0v) is 9.13. The van der Waals surface area contributed by atoms with Gasteiger partial charge in [-0.2, -0.15) is 0 Å². The Labute approximate surface area is 93.4 Å². The van der Waals surface area contributed by atoms with Crippen LogP contribution >= 0.6 is 0 Å². The number of carbonyl (C=O) groups excluding carboxylic acids is 1. The van der Waals surface area contributed by atoms with Crippen molar-refractivity contribution in [3.63, 3.8) is 0 Å². The second kappa shape index (κ2) is 3.87. The number of rotatable bonds is 3. The molecule has 86 valence electrons. The van der Waals surface area contributed by atoms with Crippen LogP contribution in [0, 0.1) is 5.82 Å². The molecule has 1 aliphatic carbocycles. The van der Waals surface area contributed by atoms with Gasteiger partial charge in [0.1, 0.15) is 5.82 Å². The molecule has 0 aromatic heterocycles. The zero-order valence-electron chi connectivity index (χ0n) is 9.13. The number of hydrogen-bond donors (Lipinski definition) is 1. The number of benzene rings is 1. The van der Waals surface area contributed by atoms with Gasteiger partial charge in [0.05, 0.1) is 12.2 Å². The first-order chi connectivity index (χ1) is 7.55. The Morgan fingerprint density at radius 1 is 1.50 bits per heavy atom. The van der Waals surface area contributed by atoms with Gasteiger partial charge in [-0.1, -0.05) is 0 Å². The molecule has 0 saturated heterocycles. The van der Waals surface area contributed by atoms with E-state index >= 15 is 0 Å². The van der Waals surface area contributed by atoms with E-state index in [1.165, 1.54) is 12.1 Å². The summed E-state index contributed by atoms with van der Waals surface area (Å²) in [6.45, 7) is 1.99. The van der Waals surface area contributed by atoms with Gasteiger partial charge < -0.3 is 10.5 Å². The summed E-state index contributed by atoms with van der Waals surface area (Å²) in [5.41, 5.74) is 6.43. The summed E-state index contributed by atoms with van der Waals surface area (Å²) in [7, 11) is 0. The third kappa shape index (κ3) is 2.07. The van der Waals surface area contributed by atoms with E-state index in [-0.39, 0.29) is 12.2 Å². The second-order valence-electron chi connectivity index (χ2n) is 4.11. The quantitative estimate of drug-likeness (QED) is 0.797. The van der Waals surface area contributed by atoms with Crippen molar-refractivity contribution in [2.45, 2.75) is 25.3 Å². The number of hydrogen-bond acceptors (Lipinski definition) is 3. The molecule has 2 rings (SSSR count). The standard InChI is InChI=1S/C12H14FNO2/c1-2-16-11(15)8-5-9(7-10(13)6-8)12(14)3-4-12/h5-7H,2-4,14H2,1H3. The fourth-order valence-corrected chi connectivity index (χ4v) is 1.63. The molecule has 1 aromatic rings. The SMILES string of the molecule is CCOC(=O)c1cc(F)cc(C2(N)CC2)c1. The van der Waals surface area contributed by atoms with Crippen LogP contribution in [0.5, 0.6) is 0 Å². The first-order valence-corrected chi connectivity index (χ1v) is 5.32. The lowest BCUT2D eigenvalue weighted by Gasteiger charge is -2.11.